The van der Waals surface area contributed by atoms with Crippen molar-refractivity contribution in [2.75, 3.05) is 26.2 Å². The number of benzene rings is 1. The van der Waals surface area contributed by atoms with Gasteiger partial charge >= 0.3 is 0 Å². The van der Waals surface area contributed by atoms with E-state index in [1.165, 1.54) is 24.1 Å². The molecule has 1 unspecified atom stereocenters. The van der Waals surface area contributed by atoms with Gasteiger partial charge in [0.2, 0.25) is 0 Å². The number of nitrogens with zero attached hydrogens (tertiary/aromatic N) is 1. The predicted octanol–water partition coefficient (Wildman–Crippen LogP) is 1.82. The van der Waals surface area contributed by atoms with Gasteiger partial charge in [-0.2, -0.15) is 0 Å². The first-order chi connectivity index (χ1) is 8.35. The van der Waals surface area contributed by atoms with Crippen molar-refractivity contribution in [1.29, 1.82) is 0 Å². The minimum Gasteiger partial charge on any atom is -0.493 e. The summed E-state index contributed by atoms with van der Waals surface area (Å²) in [6.45, 7) is 5.08. The lowest BCUT2D eigenvalue weighted by Gasteiger charge is -2.16. The van der Waals surface area contributed by atoms with Crippen molar-refractivity contribution < 1.29 is 4.74 Å². The van der Waals surface area contributed by atoms with Gasteiger partial charge < -0.3 is 10.5 Å². The van der Waals surface area contributed by atoms with Crippen LogP contribution >= 0.6 is 12.4 Å². The molecule has 1 aromatic carbocycles. The van der Waals surface area contributed by atoms with Crippen LogP contribution in [0.25, 0.3) is 0 Å². The number of hydrogen-bond donors (Lipinski definition) is 1. The summed E-state index contributed by atoms with van der Waals surface area (Å²) >= 11 is 0. The van der Waals surface area contributed by atoms with E-state index < -0.39 is 0 Å². The molecule has 0 spiro atoms. The van der Waals surface area contributed by atoms with E-state index in [-0.39, 0.29) is 12.4 Å². The number of hydrogen-bond acceptors (Lipinski definition) is 3. The lowest BCUT2D eigenvalue weighted by molar-refractivity contribution is 0.317. The first-order valence-electron chi connectivity index (χ1n) is 6.52. The molecule has 0 amide bonds. The summed E-state index contributed by atoms with van der Waals surface area (Å²) in [6, 6.07) is 6.62. The molecular weight excluding hydrogens is 248 g/mol. The highest BCUT2D eigenvalue weighted by Crippen LogP contribution is 2.27. The van der Waals surface area contributed by atoms with Crippen LogP contribution < -0.4 is 10.5 Å². The molecule has 2 heterocycles. The SMILES string of the molecule is Cl.NCC1CCN(Cc2ccc3c(c2)CCO3)C1. The third-order valence-electron chi connectivity index (χ3n) is 3.86. The summed E-state index contributed by atoms with van der Waals surface area (Å²) in [7, 11) is 0. The number of likely N-dealkylation sites (tertiary alicyclic amines) is 1. The van der Waals surface area contributed by atoms with Crippen LogP contribution in [0.5, 0.6) is 5.75 Å². The standard InChI is InChI=1S/C14H20N2O.ClH/c15-8-12-3-5-16(10-12)9-11-1-2-14-13(7-11)4-6-17-14;/h1-2,7,12H,3-6,8-10,15H2;1H. The minimum atomic E-state index is 0. The van der Waals surface area contributed by atoms with Crippen molar-refractivity contribution in [3.8, 4) is 5.75 Å². The highest BCUT2D eigenvalue weighted by atomic mass is 35.5. The fraction of sp³-hybridized carbons (Fsp3) is 0.571. The summed E-state index contributed by atoms with van der Waals surface area (Å²) in [5.74, 6) is 1.78. The molecule has 1 atom stereocenters. The maximum absolute atomic E-state index is 5.72. The Bertz CT molecular complexity index is 411. The first-order valence-corrected chi connectivity index (χ1v) is 6.52. The molecule has 0 radical (unpaired) electrons. The largest absolute Gasteiger partial charge is 0.493 e. The van der Waals surface area contributed by atoms with Gasteiger partial charge in [-0.25, -0.2) is 0 Å². The highest BCUT2D eigenvalue weighted by Gasteiger charge is 2.21. The van der Waals surface area contributed by atoms with Crippen LogP contribution in [0.15, 0.2) is 18.2 Å². The lowest BCUT2D eigenvalue weighted by atomic mass is 10.1. The van der Waals surface area contributed by atoms with Gasteiger partial charge in [0, 0.05) is 19.5 Å². The van der Waals surface area contributed by atoms with Crippen LogP contribution in [0.2, 0.25) is 0 Å². The van der Waals surface area contributed by atoms with Gasteiger partial charge in [0.1, 0.15) is 5.75 Å². The van der Waals surface area contributed by atoms with E-state index in [4.69, 9.17) is 10.5 Å². The Labute approximate surface area is 115 Å². The predicted molar refractivity (Wildman–Crippen MR) is 75.3 cm³/mol. The number of rotatable bonds is 3. The molecule has 1 fully saturated rings. The second-order valence-electron chi connectivity index (χ2n) is 5.17. The molecular formula is C14H21ClN2O. The molecule has 2 aliphatic heterocycles. The Kier molecular flexibility index (Phi) is 4.49. The fourth-order valence-corrected chi connectivity index (χ4v) is 2.85. The van der Waals surface area contributed by atoms with Gasteiger partial charge in [0.15, 0.2) is 0 Å². The quantitative estimate of drug-likeness (QED) is 0.909. The van der Waals surface area contributed by atoms with Crippen LogP contribution in [-0.4, -0.2) is 31.1 Å². The van der Waals surface area contributed by atoms with Crippen molar-refractivity contribution in [2.45, 2.75) is 19.4 Å². The number of nitrogens with two attached hydrogens (primary N) is 1. The first kappa shape index (κ1) is 13.7. The Morgan fingerprint density at radius 2 is 2.28 bits per heavy atom. The van der Waals surface area contributed by atoms with Gasteiger partial charge in [-0.1, -0.05) is 12.1 Å². The van der Waals surface area contributed by atoms with E-state index in [1.807, 2.05) is 0 Å². The van der Waals surface area contributed by atoms with Gasteiger partial charge in [-0.05, 0) is 42.6 Å². The van der Waals surface area contributed by atoms with Crippen molar-refractivity contribution in [3.63, 3.8) is 0 Å². The van der Waals surface area contributed by atoms with Crippen LogP contribution in [-0.2, 0) is 13.0 Å². The fourth-order valence-electron chi connectivity index (χ4n) is 2.85. The third-order valence-corrected chi connectivity index (χ3v) is 3.86. The lowest BCUT2D eigenvalue weighted by Crippen LogP contribution is -2.22. The maximum Gasteiger partial charge on any atom is 0.122 e. The van der Waals surface area contributed by atoms with Crippen molar-refractivity contribution in [1.82, 2.24) is 4.90 Å². The molecule has 1 saturated heterocycles. The molecule has 3 nitrogen and oxygen atoms in total. The molecule has 1 aromatic rings. The van der Waals surface area contributed by atoms with Crippen LogP contribution in [0, 0.1) is 5.92 Å². The van der Waals surface area contributed by atoms with E-state index in [1.54, 1.807) is 0 Å². The van der Waals surface area contributed by atoms with Crippen molar-refractivity contribution in [2.24, 2.45) is 11.7 Å². The van der Waals surface area contributed by atoms with Crippen molar-refractivity contribution >= 4 is 12.4 Å². The zero-order chi connectivity index (χ0) is 11.7. The molecule has 2 aliphatic rings. The van der Waals surface area contributed by atoms with Crippen LogP contribution in [0.3, 0.4) is 0 Å². The summed E-state index contributed by atoms with van der Waals surface area (Å²) in [4.78, 5) is 2.51. The molecule has 2 N–H and O–H groups in total. The second-order valence-corrected chi connectivity index (χ2v) is 5.17. The van der Waals surface area contributed by atoms with E-state index >= 15 is 0 Å². The Morgan fingerprint density at radius 3 is 3.06 bits per heavy atom. The number of ether oxygens (including phenoxy) is 1. The van der Waals surface area contributed by atoms with Crippen LogP contribution in [0.1, 0.15) is 17.5 Å². The zero-order valence-electron chi connectivity index (χ0n) is 10.6. The average molecular weight is 269 g/mol. The Hall–Kier alpha value is -0.770. The molecule has 3 rings (SSSR count). The molecule has 0 bridgehead atoms. The normalized spacial score (nSPS) is 22.4. The molecule has 0 saturated carbocycles. The van der Waals surface area contributed by atoms with Crippen LogP contribution in [0.4, 0.5) is 0 Å². The topological polar surface area (TPSA) is 38.5 Å². The molecule has 0 aliphatic carbocycles. The van der Waals surface area contributed by atoms with Gasteiger partial charge in [0.05, 0.1) is 6.61 Å². The second kappa shape index (κ2) is 5.91. The third kappa shape index (κ3) is 2.79. The number of fused-ring (bicyclic) bond motifs is 1. The monoisotopic (exact) mass is 268 g/mol. The molecule has 0 aromatic heterocycles. The molecule has 18 heavy (non-hydrogen) atoms. The molecule has 4 heteroatoms. The summed E-state index contributed by atoms with van der Waals surface area (Å²) in [6.07, 6.45) is 2.32. The van der Waals surface area contributed by atoms with E-state index in [2.05, 4.69) is 23.1 Å². The maximum atomic E-state index is 5.72. The number of halogens is 1. The van der Waals surface area contributed by atoms with E-state index in [0.717, 1.165) is 38.4 Å². The zero-order valence-corrected chi connectivity index (χ0v) is 11.4. The summed E-state index contributed by atoms with van der Waals surface area (Å²) in [5.41, 5.74) is 8.50. The molecule has 100 valence electrons. The average Bonchev–Trinajstić information content (AvgIpc) is 2.96. The summed E-state index contributed by atoms with van der Waals surface area (Å²) in [5, 5.41) is 0. The highest BCUT2D eigenvalue weighted by molar-refractivity contribution is 5.85. The van der Waals surface area contributed by atoms with E-state index in [9.17, 15) is 0 Å². The van der Waals surface area contributed by atoms with Gasteiger partial charge in [0.25, 0.3) is 0 Å². The van der Waals surface area contributed by atoms with Crippen molar-refractivity contribution in [3.05, 3.63) is 29.3 Å². The Balaban J connectivity index is 0.00000120. The summed E-state index contributed by atoms with van der Waals surface area (Å²) < 4.78 is 5.53. The van der Waals surface area contributed by atoms with Gasteiger partial charge in [-0.3, -0.25) is 4.90 Å². The van der Waals surface area contributed by atoms with Gasteiger partial charge in [-0.15, -0.1) is 12.4 Å². The van der Waals surface area contributed by atoms with E-state index in [0.29, 0.717) is 5.92 Å². The minimum absolute atomic E-state index is 0. The smallest absolute Gasteiger partial charge is 0.122 e. The Morgan fingerprint density at radius 1 is 1.39 bits per heavy atom.